The molecule has 0 bridgehead atoms. The number of unbranched alkanes of at least 4 members (excludes halogenated alkanes) is 2. The van der Waals surface area contributed by atoms with Crippen LogP contribution in [0.25, 0.3) is 0 Å². The van der Waals surface area contributed by atoms with Gasteiger partial charge < -0.3 is 10.2 Å². The normalized spacial score (nSPS) is 35.8. The molecule has 0 heterocycles. The Morgan fingerprint density at radius 1 is 1.11 bits per heavy atom. The third-order valence-electron chi connectivity index (χ3n) is 10.4. The quantitative estimate of drug-likeness (QED) is 0.242. The van der Waals surface area contributed by atoms with Crippen LogP contribution >= 0.6 is 0 Å². The summed E-state index contributed by atoms with van der Waals surface area (Å²) in [6, 6.07) is 0. The molecule has 4 saturated carbocycles. The Morgan fingerprint density at radius 2 is 1.89 bits per heavy atom. The van der Waals surface area contributed by atoms with Gasteiger partial charge >= 0.3 is 0 Å². The molecule has 0 radical (unpaired) electrons. The summed E-state index contributed by atoms with van der Waals surface area (Å²) in [5.41, 5.74) is 3.80. The van der Waals surface area contributed by atoms with E-state index >= 15 is 0 Å². The van der Waals surface area contributed by atoms with Crippen molar-refractivity contribution in [3.63, 3.8) is 0 Å². The van der Waals surface area contributed by atoms with E-state index < -0.39 is 11.5 Å². The van der Waals surface area contributed by atoms with Crippen LogP contribution in [0.2, 0.25) is 0 Å². The highest BCUT2D eigenvalue weighted by atomic mass is 16.3. The van der Waals surface area contributed by atoms with Gasteiger partial charge in [0.05, 0.1) is 17.6 Å². The van der Waals surface area contributed by atoms with Crippen molar-refractivity contribution >= 4 is 5.78 Å². The van der Waals surface area contributed by atoms with Crippen LogP contribution in [0, 0.1) is 28.6 Å². The molecule has 0 amide bonds. The summed E-state index contributed by atoms with van der Waals surface area (Å²) >= 11 is 0. The summed E-state index contributed by atoms with van der Waals surface area (Å²) < 4.78 is 0. The fraction of sp³-hybridized carbons (Fsp3) is 0.727. The first-order valence-corrected chi connectivity index (χ1v) is 14.9. The van der Waals surface area contributed by atoms with Gasteiger partial charge in [-0.2, -0.15) is 0 Å². The topological polar surface area (TPSA) is 57.5 Å². The molecule has 0 spiro atoms. The fourth-order valence-corrected chi connectivity index (χ4v) is 7.80. The number of aliphatic hydroxyl groups excluding tert-OH is 2. The highest BCUT2D eigenvalue weighted by Gasteiger charge is 2.54. The monoisotopic (exact) mass is 494 g/mol. The zero-order valence-corrected chi connectivity index (χ0v) is 23.1. The minimum Gasteiger partial charge on any atom is -0.393 e. The smallest absolute Gasteiger partial charge is 0.141 e. The molecule has 0 aromatic heterocycles. The van der Waals surface area contributed by atoms with E-state index in [2.05, 4.69) is 45.6 Å². The number of carbonyl (C=O) groups excluding carboxylic acids is 1. The standard InChI is InChI=1S/C33H50O3/c1-5-6-7-10-30(35)33(20-21-33)31(36)18-12-24(3)28-16-17-29-25(9-8-19-32(28,29)4)13-14-26-22-27(34)15-11-23(26)2/h12-14,18,24,27-29,31,34,36H,2,5-11,15-17,19-22H2,1,3-4H3/t24-,27+,28-,29+,31+,32-/m1/s1. The molecule has 0 saturated heterocycles. The number of rotatable bonds is 10. The van der Waals surface area contributed by atoms with Crippen molar-refractivity contribution in [1.82, 2.24) is 0 Å². The Hall–Kier alpha value is -1.45. The van der Waals surface area contributed by atoms with Gasteiger partial charge in [-0.3, -0.25) is 4.79 Å². The van der Waals surface area contributed by atoms with Crippen LogP contribution in [-0.4, -0.2) is 28.2 Å². The lowest BCUT2D eigenvalue weighted by Gasteiger charge is -2.44. The first kappa shape index (κ1) is 27.6. The van der Waals surface area contributed by atoms with E-state index in [1.54, 1.807) is 5.57 Å². The van der Waals surface area contributed by atoms with Crippen molar-refractivity contribution in [3.8, 4) is 0 Å². The number of Topliss-reactive ketones (excluding diaryl/α,β-unsaturated/α-hetero) is 1. The van der Waals surface area contributed by atoms with Crippen LogP contribution in [0.1, 0.15) is 111 Å². The van der Waals surface area contributed by atoms with Crippen LogP contribution in [0.5, 0.6) is 0 Å². The van der Waals surface area contributed by atoms with Gasteiger partial charge in [0.15, 0.2) is 0 Å². The Morgan fingerprint density at radius 3 is 2.61 bits per heavy atom. The van der Waals surface area contributed by atoms with Crippen LogP contribution in [0.4, 0.5) is 0 Å². The van der Waals surface area contributed by atoms with Crippen molar-refractivity contribution in [3.05, 3.63) is 47.6 Å². The summed E-state index contributed by atoms with van der Waals surface area (Å²) in [5.74, 6) is 1.89. The number of carbonyl (C=O) groups is 1. The van der Waals surface area contributed by atoms with Crippen molar-refractivity contribution in [2.24, 2.45) is 28.6 Å². The second kappa shape index (κ2) is 11.5. The van der Waals surface area contributed by atoms with Gasteiger partial charge in [-0.25, -0.2) is 0 Å². The molecule has 6 atom stereocenters. The lowest BCUT2D eigenvalue weighted by molar-refractivity contribution is -0.127. The third kappa shape index (κ3) is 5.68. The van der Waals surface area contributed by atoms with Crippen molar-refractivity contribution in [2.45, 2.75) is 123 Å². The summed E-state index contributed by atoms with van der Waals surface area (Å²) in [4.78, 5) is 12.8. The zero-order valence-electron chi connectivity index (χ0n) is 23.1. The summed E-state index contributed by atoms with van der Waals surface area (Å²) in [6.07, 6.45) is 22.0. The van der Waals surface area contributed by atoms with Gasteiger partial charge in [-0.05, 0) is 99.4 Å². The lowest BCUT2D eigenvalue weighted by atomic mass is 9.61. The SMILES string of the molecule is C=C1CC[C@H](O)CC1=CC=C1CCC[C@]2(C)[C@@H]([C@H](C)C=C[C@H](O)C3(C(=O)CCCCC)CC3)CC[C@@H]12. The second-order valence-electron chi connectivity index (χ2n) is 12.8. The van der Waals surface area contributed by atoms with E-state index in [0.717, 1.165) is 51.4 Å². The predicted octanol–water partition coefficient (Wildman–Crippen LogP) is 7.64. The Kier molecular flexibility index (Phi) is 8.83. The molecule has 3 heteroatoms. The Balaban J connectivity index is 1.41. The predicted molar refractivity (Wildman–Crippen MR) is 148 cm³/mol. The van der Waals surface area contributed by atoms with Crippen molar-refractivity contribution < 1.29 is 15.0 Å². The molecule has 4 aliphatic rings. The Bertz CT molecular complexity index is 904. The largest absolute Gasteiger partial charge is 0.393 e. The van der Waals surface area contributed by atoms with Crippen molar-refractivity contribution in [1.29, 1.82) is 0 Å². The molecule has 36 heavy (non-hydrogen) atoms. The van der Waals surface area contributed by atoms with Gasteiger partial charge in [0, 0.05) is 6.42 Å². The zero-order chi connectivity index (χ0) is 25.9. The first-order valence-electron chi connectivity index (χ1n) is 14.9. The molecule has 4 rings (SSSR count). The molecule has 3 nitrogen and oxygen atoms in total. The van der Waals surface area contributed by atoms with Gasteiger partial charge in [0.2, 0.25) is 0 Å². The van der Waals surface area contributed by atoms with Crippen LogP contribution in [0.3, 0.4) is 0 Å². The molecule has 0 aliphatic heterocycles. The molecule has 0 aromatic carbocycles. The lowest BCUT2D eigenvalue weighted by Crippen LogP contribution is -2.35. The molecule has 0 aromatic rings. The molecule has 4 fully saturated rings. The minimum atomic E-state index is -0.633. The molecule has 200 valence electrons. The second-order valence-corrected chi connectivity index (χ2v) is 12.8. The van der Waals surface area contributed by atoms with E-state index in [4.69, 9.17) is 0 Å². The summed E-state index contributed by atoms with van der Waals surface area (Å²) in [6.45, 7) is 11.2. The van der Waals surface area contributed by atoms with E-state index in [0.29, 0.717) is 24.2 Å². The van der Waals surface area contributed by atoms with E-state index in [-0.39, 0.29) is 17.3 Å². The summed E-state index contributed by atoms with van der Waals surface area (Å²) in [7, 11) is 0. The Labute approximate surface area is 219 Å². The average molecular weight is 495 g/mol. The highest BCUT2D eigenvalue weighted by molar-refractivity contribution is 5.88. The third-order valence-corrected chi connectivity index (χ3v) is 10.4. The van der Waals surface area contributed by atoms with Gasteiger partial charge in [-0.1, -0.05) is 75.6 Å². The number of ketones is 1. The van der Waals surface area contributed by atoms with Crippen LogP contribution < -0.4 is 0 Å². The molecule has 4 aliphatic carbocycles. The number of fused-ring (bicyclic) bond motifs is 1. The number of aliphatic hydroxyl groups is 2. The number of allylic oxidation sites excluding steroid dienone is 5. The fourth-order valence-electron chi connectivity index (χ4n) is 7.80. The minimum absolute atomic E-state index is 0.225. The highest BCUT2D eigenvalue weighted by Crippen LogP contribution is 2.59. The van der Waals surface area contributed by atoms with Crippen LogP contribution in [-0.2, 0) is 4.79 Å². The van der Waals surface area contributed by atoms with Gasteiger partial charge in [0.1, 0.15) is 5.78 Å². The molecule has 2 N–H and O–H groups in total. The number of hydrogen-bond acceptors (Lipinski definition) is 3. The van der Waals surface area contributed by atoms with Gasteiger partial charge in [-0.15, -0.1) is 0 Å². The molecule has 0 unspecified atom stereocenters. The van der Waals surface area contributed by atoms with Crippen molar-refractivity contribution in [2.75, 3.05) is 0 Å². The maximum Gasteiger partial charge on any atom is 0.141 e. The number of hydrogen-bond donors (Lipinski definition) is 2. The first-order chi connectivity index (χ1) is 17.2. The van der Waals surface area contributed by atoms with Gasteiger partial charge in [0.25, 0.3) is 0 Å². The molecular weight excluding hydrogens is 444 g/mol. The van der Waals surface area contributed by atoms with E-state index in [1.165, 1.54) is 43.3 Å². The molecular formula is C33H50O3. The maximum atomic E-state index is 12.8. The maximum absolute atomic E-state index is 12.8. The van der Waals surface area contributed by atoms with E-state index in [9.17, 15) is 15.0 Å². The van der Waals surface area contributed by atoms with Crippen LogP contribution in [0.15, 0.2) is 47.6 Å². The average Bonchev–Trinajstić information content (AvgIpc) is 3.59. The summed E-state index contributed by atoms with van der Waals surface area (Å²) in [5, 5.41) is 21.1. The van der Waals surface area contributed by atoms with E-state index in [1.807, 2.05) is 6.08 Å².